The Morgan fingerprint density at radius 1 is 0.886 bits per heavy atom. The van der Waals surface area contributed by atoms with E-state index in [9.17, 15) is 14.9 Å². The van der Waals surface area contributed by atoms with Crippen LogP contribution in [-0.4, -0.2) is 31.7 Å². The average Bonchev–Trinajstić information content (AvgIpc) is 3.22. The molecule has 1 saturated heterocycles. The standard InChI is InChI=1S/C27H27NO7/c1-32-25-11-9-19(15-26(25)33-2)12-21-17-35-27(29)22(21)13-20-8-10-24(23(14-20)28(30)31)34-16-18-6-4-3-5-7-18/h3-11,14-15,21-22H,12-13,16-17H2,1-2H3/t21-,22+/m0/s1. The van der Waals surface area contributed by atoms with E-state index in [1.807, 2.05) is 48.5 Å². The van der Waals surface area contributed by atoms with Crippen molar-refractivity contribution < 1.29 is 28.7 Å². The molecule has 0 N–H and O–H groups in total. The Bertz CT molecular complexity index is 1200. The zero-order valence-corrected chi connectivity index (χ0v) is 19.6. The van der Waals surface area contributed by atoms with E-state index in [-0.39, 0.29) is 29.9 Å². The number of hydrogen-bond donors (Lipinski definition) is 0. The van der Waals surface area contributed by atoms with E-state index in [0.29, 0.717) is 36.5 Å². The van der Waals surface area contributed by atoms with Crippen LogP contribution in [0.15, 0.2) is 66.7 Å². The van der Waals surface area contributed by atoms with Crippen molar-refractivity contribution in [2.24, 2.45) is 11.8 Å². The van der Waals surface area contributed by atoms with Crippen molar-refractivity contribution in [2.45, 2.75) is 19.4 Å². The number of nitro groups is 1. The topological polar surface area (TPSA) is 97.1 Å². The summed E-state index contributed by atoms with van der Waals surface area (Å²) in [6.07, 6.45) is 0.952. The van der Waals surface area contributed by atoms with Crippen molar-refractivity contribution in [1.29, 1.82) is 0 Å². The molecule has 3 aromatic rings. The number of esters is 1. The monoisotopic (exact) mass is 477 g/mol. The van der Waals surface area contributed by atoms with Crippen molar-refractivity contribution in [3.63, 3.8) is 0 Å². The molecule has 1 fully saturated rings. The van der Waals surface area contributed by atoms with Gasteiger partial charge in [0.25, 0.3) is 0 Å². The molecule has 1 heterocycles. The lowest BCUT2D eigenvalue weighted by Crippen LogP contribution is -2.20. The Hall–Kier alpha value is -4.07. The Morgan fingerprint density at radius 2 is 1.57 bits per heavy atom. The van der Waals surface area contributed by atoms with Crippen molar-refractivity contribution in [3.05, 3.63) is 93.5 Å². The highest BCUT2D eigenvalue weighted by molar-refractivity contribution is 5.75. The van der Waals surface area contributed by atoms with Crippen LogP contribution in [-0.2, 0) is 29.0 Å². The minimum atomic E-state index is -0.460. The van der Waals surface area contributed by atoms with Crippen LogP contribution in [0.4, 0.5) is 5.69 Å². The maximum absolute atomic E-state index is 12.5. The summed E-state index contributed by atoms with van der Waals surface area (Å²) >= 11 is 0. The number of benzene rings is 3. The highest BCUT2D eigenvalue weighted by Crippen LogP contribution is 2.35. The van der Waals surface area contributed by atoms with E-state index in [0.717, 1.165) is 11.1 Å². The number of nitro benzene ring substituents is 1. The van der Waals surface area contributed by atoms with Crippen molar-refractivity contribution in [2.75, 3.05) is 20.8 Å². The molecule has 4 rings (SSSR count). The summed E-state index contributed by atoms with van der Waals surface area (Å²) in [5.41, 5.74) is 2.47. The van der Waals surface area contributed by atoms with E-state index in [1.54, 1.807) is 26.4 Å². The van der Waals surface area contributed by atoms with E-state index in [2.05, 4.69) is 0 Å². The molecule has 0 saturated carbocycles. The maximum atomic E-state index is 12.5. The van der Waals surface area contributed by atoms with E-state index >= 15 is 0 Å². The van der Waals surface area contributed by atoms with Crippen molar-refractivity contribution in [3.8, 4) is 17.2 Å². The molecule has 8 nitrogen and oxygen atoms in total. The quantitative estimate of drug-likeness (QED) is 0.236. The zero-order valence-electron chi connectivity index (χ0n) is 19.6. The minimum absolute atomic E-state index is 0.0614. The number of ether oxygens (including phenoxy) is 4. The van der Waals surface area contributed by atoms with Crippen LogP contribution in [0.25, 0.3) is 0 Å². The predicted molar refractivity (Wildman–Crippen MR) is 129 cm³/mol. The molecule has 0 aromatic heterocycles. The molecule has 0 aliphatic carbocycles. The summed E-state index contributed by atoms with van der Waals surface area (Å²) in [6, 6.07) is 20.0. The van der Waals surface area contributed by atoms with Crippen LogP contribution in [0.5, 0.6) is 17.2 Å². The van der Waals surface area contributed by atoms with Crippen LogP contribution < -0.4 is 14.2 Å². The summed E-state index contributed by atoms with van der Waals surface area (Å²) in [7, 11) is 3.15. The lowest BCUT2D eigenvalue weighted by Gasteiger charge is -2.17. The van der Waals surface area contributed by atoms with Gasteiger partial charge in [-0.2, -0.15) is 0 Å². The van der Waals surface area contributed by atoms with Gasteiger partial charge in [-0.15, -0.1) is 0 Å². The van der Waals surface area contributed by atoms with Crippen LogP contribution >= 0.6 is 0 Å². The second-order valence-electron chi connectivity index (χ2n) is 8.43. The highest BCUT2D eigenvalue weighted by Gasteiger charge is 2.37. The summed E-state index contributed by atoms with van der Waals surface area (Å²) in [4.78, 5) is 23.8. The molecule has 35 heavy (non-hydrogen) atoms. The second kappa shape index (κ2) is 10.9. The highest BCUT2D eigenvalue weighted by atomic mass is 16.6. The molecular formula is C27H27NO7. The first-order chi connectivity index (χ1) is 17.0. The summed E-state index contributed by atoms with van der Waals surface area (Å²) < 4.78 is 21.7. The van der Waals surface area contributed by atoms with Crippen LogP contribution in [0.2, 0.25) is 0 Å². The van der Waals surface area contributed by atoms with Gasteiger partial charge in [0, 0.05) is 12.0 Å². The van der Waals surface area contributed by atoms with Crippen molar-refractivity contribution >= 4 is 11.7 Å². The molecule has 8 heteroatoms. The molecule has 182 valence electrons. The fraction of sp³-hybridized carbons (Fsp3) is 0.296. The molecule has 0 unspecified atom stereocenters. The Balaban J connectivity index is 1.49. The molecule has 0 bridgehead atoms. The summed E-state index contributed by atoms with van der Waals surface area (Å²) in [6.45, 7) is 0.529. The van der Waals surface area contributed by atoms with E-state index < -0.39 is 10.8 Å². The largest absolute Gasteiger partial charge is 0.493 e. The van der Waals surface area contributed by atoms with Gasteiger partial charge in [-0.05, 0) is 47.7 Å². The third-order valence-corrected chi connectivity index (χ3v) is 6.17. The van der Waals surface area contributed by atoms with E-state index in [4.69, 9.17) is 18.9 Å². The number of hydrogen-bond acceptors (Lipinski definition) is 7. The van der Waals surface area contributed by atoms with Crippen LogP contribution in [0, 0.1) is 22.0 Å². The number of cyclic esters (lactones) is 1. The molecule has 0 amide bonds. The predicted octanol–water partition coefficient (Wildman–Crippen LogP) is 4.77. The number of methoxy groups -OCH3 is 2. The summed E-state index contributed by atoms with van der Waals surface area (Å²) in [5.74, 6) is 0.690. The first-order valence-electron chi connectivity index (χ1n) is 11.3. The third kappa shape index (κ3) is 5.71. The Morgan fingerprint density at radius 3 is 2.26 bits per heavy atom. The molecule has 1 aliphatic rings. The number of rotatable bonds is 10. The number of carbonyl (C=O) groups excluding carboxylic acids is 1. The number of nitrogens with zero attached hydrogens (tertiary/aromatic N) is 1. The molecular weight excluding hydrogens is 450 g/mol. The van der Waals surface area contributed by atoms with Gasteiger partial charge < -0.3 is 18.9 Å². The maximum Gasteiger partial charge on any atom is 0.311 e. The fourth-order valence-corrected chi connectivity index (χ4v) is 4.31. The minimum Gasteiger partial charge on any atom is -0.493 e. The van der Waals surface area contributed by atoms with Gasteiger partial charge in [0.15, 0.2) is 17.2 Å². The lowest BCUT2D eigenvalue weighted by molar-refractivity contribution is -0.386. The molecule has 0 spiro atoms. The molecule has 3 aromatic carbocycles. The van der Waals surface area contributed by atoms with Gasteiger partial charge in [0.1, 0.15) is 6.61 Å². The second-order valence-corrected chi connectivity index (χ2v) is 8.43. The van der Waals surface area contributed by atoms with Gasteiger partial charge in [-0.25, -0.2) is 0 Å². The normalized spacial score (nSPS) is 17.0. The van der Waals surface area contributed by atoms with Crippen LogP contribution in [0.3, 0.4) is 0 Å². The first-order valence-corrected chi connectivity index (χ1v) is 11.3. The van der Waals surface area contributed by atoms with Gasteiger partial charge in [-0.1, -0.05) is 42.5 Å². The van der Waals surface area contributed by atoms with Gasteiger partial charge >= 0.3 is 11.7 Å². The Labute approximate surface area is 203 Å². The van der Waals surface area contributed by atoms with Gasteiger partial charge in [-0.3, -0.25) is 14.9 Å². The SMILES string of the molecule is COc1ccc(C[C@H]2COC(=O)[C@@H]2Cc2ccc(OCc3ccccc3)c([N+](=O)[O-])c2)cc1OC. The average molecular weight is 478 g/mol. The first kappa shape index (κ1) is 24.1. The molecule has 2 atom stereocenters. The Kier molecular flexibility index (Phi) is 7.50. The van der Waals surface area contributed by atoms with Gasteiger partial charge in [0.05, 0.1) is 31.7 Å². The molecule has 0 radical (unpaired) electrons. The lowest BCUT2D eigenvalue weighted by atomic mass is 9.85. The number of carbonyl (C=O) groups is 1. The third-order valence-electron chi connectivity index (χ3n) is 6.17. The van der Waals surface area contributed by atoms with E-state index in [1.165, 1.54) is 6.07 Å². The summed E-state index contributed by atoms with van der Waals surface area (Å²) in [5, 5.41) is 11.7. The smallest absolute Gasteiger partial charge is 0.311 e. The van der Waals surface area contributed by atoms with Gasteiger partial charge in [0.2, 0.25) is 0 Å². The molecule has 1 aliphatic heterocycles. The van der Waals surface area contributed by atoms with Crippen LogP contribution in [0.1, 0.15) is 16.7 Å². The fourth-order valence-electron chi connectivity index (χ4n) is 4.31. The zero-order chi connectivity index (χ0) is 24.8. The van der Waals surface area contributed by atoms with Crippen molar-refractivity contribution in [1.82, 2.24) is 0 Å².